The fourth-order valence-electron chi connectivity index (χ4n) is 3.39. The van der Waals surface area contributed by atoms with Crippen LogP contribution in [-0.4, -0.2) is 44.0 Å². The van der Waals surface area contributed by atoms with E-state index in [-0.39, 0.29) is 0 Å². The monoisotopic (exact) mass is 387 g/mol. The van der Waals surface area contributed by atoms with Gasteiger partial charge in [0.15, 0.2) is 0 Å². The summed E-state index contributed by atoms with van der Waals surface area (Å²) in [7, 11) is -4.24. The highest BCUT2D eigenvalue weighted by molar-refractivity contribution is 7.87. The molecule has 1 saturated heterocycles. The maximum absolute atomic E-state index is 10.9. The lowest BCUT2D eigenvalue weighted by Crippen LogP contribution is -2.45. The number of nitrogens with zero attached hydrogens (tertiary/aromatic N) is 2. The Morgan fingerprint density at radius 1 is 1.00 bits per heavy atom. The van der Waals surface area contributed by atoms with E-state index in [9.17, 15) is 8.42 Å². The molecule has 0 bridgehead atoms. The van der Waals surface area contributed by atoms with Gasteiger partial charge in [-0.1, -0.05) is 18.2 Å². The van der Waals surface area contributed by atoms with Gasteiger partial charge < -0.3 is 9.32 Å². The fourth-order valence-corrected chi connectivity index (χ4v) is 3.82. The highest BCUT2D eigenvalue weighted by Crippen LogP contribution is 2.23. The molecule has 1 aliphatic heterocycles. The first-order chi connectivity index (χ1) is 13.0. The standard InChI is InChI=1S/C19H21N3O4S/c23-27(24,25)20-16-5-7-17(8-6-16)22-11-9-21(10-12-22)14-18-13-15-3-1-2-4-19(15)26-18/h1-8,13,20H,9-12,14H2,(H,23,24,25). The predicted octanol–water partition coefficient (Wildman–Crippen LogP) is 2.97. The van der Waals surface area contributed by atoms with E-state index in [0.717, 1.165) is 55.1 Å². The number of fused-ring (bicyclic) bond motifs is 1. The molecule has 142 valence electrons. The molecule has 1 aliphatic rings. The molecule has 2 aromatic carbocycles. The lowest BCUT2D eigenvalue weighted by atomic mass is 10.2. The maximum atomic E-state index is 10.9. The third-order valence-electron chi connectivity index (χ3n) is 4.71. The summed E-state index contributed by atoms with van der Waals surface area (Å²) in [6.45, 7) is 4.39. The van der Waals surface area contributed by atoms with Crippen molar-refractivity contribution < 1.29 is 17.4 Å². The lowest BCUT2D eigenvalue weighted by Gasteiger charge is -2.35. The Morgan fingerprint density at radius 2 is 1.70 bits per heavy atom. The fraction of sp³-hybridized carbons (Fsp3) is 0.263. The summed E-state index contributed by atoms with van der Waals surface area (Å²) in [5.41, 5.74) is 2.29. The summed E-state index contributed by atoms with van der Waals surface area (Å²) >= 11 is 0. The van der Waals surface area contributed by atoms with Crippen LogP contribution < -0.4 is 9.62 Å². The van der Waals surface area contributed by atoms with E-state index in [1.54, 1.807) is 12.1 Å². The van der Waals surface area contributed by atoms with E-state index >= 15 is 0 Å². The number of benzene rings is 2. The number of anilines is 2. The van der Waals surface area contributed by atoms with Crippen LogP contribution in [-0.2, 0) is 16.8 Å². The quantitative estimate of drug-likeness (QED) is 0.655. The first kappa shape index (κ1) is 17.8. The summed E-state index contributed by atoms with van der Waals surface area (Å²) in [4.78, 5) is 4.62. The van der Waals surface area contributed by atoms with E-state index in [2.05, 4.69) is 21.9 Å². The number of rotatable bonds is 5. The zero-order chi connectivity index (χ0) is 18.9. The molecule has 7 nitrogen and oxygen atoms in total. The van der Waals surface area contributed by atoms with Crippen molar-refractivity contribution in [3.63, 3.8) is 0 Å². The van der Waals surface area contributed by atoms with Gasteiger partial charge in [-0.25, -0.2) is 0 Å². The van der Waals surface area contributed by atoms with Crippen LogP contribution in [0.25, 0.3) is 11.0 Å². The van der Waals surface area contributed by atoms with E-state index < -0.39 is 10.3 Å². The van der Waals surface area contributed by atoms with Gasteiger partial charge in [0, 0.05) is 37.3 Å². The second-order valence-electron chi connectivity index (χ2n) is 6.64. The Balaban J connectivity index is 1.34. The minimum absolute atomic E-state index is 0.338. The van der Waals surface area contributed by atoms with Gasteiger partial charge in [-0.05, 0) is 36.4 Å². The van der Waals surface area contributed by atoms with Gasteiger partial charge in [0.25, 0.3) is 0 Å². The van der Waals surface area contributed by atoms with Gasteiger partial charge >= 0.3 is 10.3 Å². The van der Waals surface area contributed by atoms with Gasteiger partial charge in [-0.3, -0.25) is 14.2 Å². The molecule has 0 amide bonds. The smallest absolute Gasteiger partial charge is 0.357 e. The van der Waals surface area contributed by atoms with Crippen molar-refractivity contribution in [3.8, 4) is 0 Å². The molecule has 0 unspecified atom stereocenters. The number of nitrogens with one attached hydrogen (secondary N) is 1. The van der Waals surface area contributed by atoms with Crippen LogP contribution in [0.15, 0.2) is 59.0 Å². The van der Waals surface area contributed by atoms with Crippen LogP contribution >= 0.6 is 0 Å². The van der Waals surface area contributed by atoms with Crippen molar-refractivity contribution in [3.05, 3.63) is 60.4 Å². The van der Waals surface area contributed by atoms with Crippen molar-refractivity contribution in [2.75, 3.05) is 35.8 Å². The first-order valence-electron chi connectivity index (χ1n) is 8.76. The molecule has 2 N–H and O–H groups in total. The molecule has 1 aromatic heterocycles. The van der Waals surface area contributed by atoms with Crippen molar-refractivity contribution in [1.82, 2.24) is 4.90 Å². The van der Waals surface area contributed by atoms with Gasteiger partial charge in [-0.15, -0.1) is 0 Å². The van der Waals surface area contributed by atoms with Crippen LogP contribution in [0, 0.1) is 0 Å². The van der Waals surface area contributed by atoms with Crippen LogP contribution in [0.4, 0.5) is 11.4 Å². The summed E-state index contributed by atoms with van der Waals surface area (Å²) < 4.78 is 38.5. The SMILES string of the molecule is O=S(=O)(O)Nc1ccc(N2CCN(Cc3cc4ccccc4o3)CC2)cc1. The second-order valence-corrected chi connectivity index (χ2v) is 7.79. The van der Waals surface area contributed by atoms with E-state index in [0.29, 0.717) is 5.69 Å². The zero-order valence-corrected chi connectivity index (χ0v) is 15.5. The molecular formula is C19H21N3O4S. The van der Waals surface area contributed by atoms with E-state index in [1.165, 1.54) is 0 Å². The Morgan fingerprint density at radius 3 is 2.37 bits per heavy atom. The Kier molecular flexibility index (Phi) is 4.77. The summed E-state index contributed by atoms with van der Waals surface area (Å²) in [5, 5.41) is 1.13. The molecule has 0 saturated carbocycles. The Bertz CT molecular complexity index is 990. The second kappa shape index (κ2) is 7.22. The number of piperazine rings is 1. The van der Waals surface area contributed by atoms with Gasteiger partial charge in [-0.2, -0.15) is 8.42 Å². The minimum atomic E-state index is -4.24. The number of furan rings is 1. The van der Waals surface area contributed by atoms with Crippen molar-refractivity contribution in [2.45, 2.75) is 6.54 Å². The molecule has 8 heteroatoms. The predicted molar refractivity (Wildman–Crippen MR) is 105 cm³/mol. The molecule has 0 radical (unpaired) electrons. The van der Waals surface area contributed by atoms with Crippen LogP contribution in [0.2, 0.25) is 0 Å². The first-order valence-corrected chi connectivity index (χ1v) is 10.2. The molecule has 4 rings (SSSR count). The molecule has 2 heterocycles. The highest BCUT2D eigenvalue weighted by Gasteiger charge is 2.18. The number of hydrogen-bond acceptors (Lipinski definition) is 5. The minimum Gasteiger partial charge on any atom is -0.460 e. The molecule has 27 heavy (non-hydrogen) atoms. The summed E-state index contributed by atoms with van der Waals surface area (Å²) in [6.07, 6.45) is 0. The average molecular weight is 387 g/mol. The van der Waals surface area contributed by atoms with Crippen molar-refractivity contribution in [2.24, 2.45) is 0 Å². The van der Waals surface area contributed by atoms with Crippen LogP contribution in [0.1, 0.15) is 5.76 Å². The summed E-state index contributed by atoms with van der Waals surface area (Å²) in [6, 6.07) is 17.1. The van der Waals surface area contributed by atoms with Gasteiger partial charge in [0.1, 0.15) is 11.3 Å². The zero-order valence-electron chi connectivity index (χ0n) is 14.7. The molecule has 0 spiro atoms. The molecule has 1 fully saturated rings. The maximum Gasteiger partial charge on any atom is 0.357 e. The van der Waals surface area contributed by atoms with Crippen LogP contribution in [0.5, 0.6) is 0 Å². The third-order valence-corrected chi connectivity index (χ3v) is 5.20. The number of para-hydroxylation sites is 1. The molecule has 0 atom stereocenters. The number of hydrogen-bond donors (Lipinski definition) is 2. The van der Waals surface area contributed by atoms with Crippen LogP contribution in [0.3, 0.4) is 0 Å². The van der Waals surface area contributed by atoms with E-state index in [1.807, 2.05) is 35.1 Å². The van der Waals surface area contributed by atoms with Gasteiger partial charge in [0.2, 0.25) is 0 Å². The van der Waals surface area contributed by atoms with Gasteiger partial charge in [0.05, 0.1) is 12.2 Å². The average Bonchev–Trinajstić information content (AvgIpc) is 3.04. The Hall–Kier alpha value is -2.55. The topological polar surface area (TPSA) is 86.0 Å². The van der Waals surface area contributed by atoms with Crippen molar-refractivity contribution >= 4 is 32.6 Å². The third kappa shape index (κ3) is 4.41. The summed E-state index contributed by atoms with van der Waals surface area (Å²) in [5.74, 6) is 0.977. The highest BCUT2D eigenvalue weighted by atomic mass is 32.2. The Labute approximate surface area is 158 Å². The molecular weight excluding hydrogens is 366 g/mol. The normalized spacial score (nSPS) is 16.0. The van der Waals surface area contributed by atoms with Crippen molar-refractivity contribution in [1.29, 1.82) is 0 Å². The largest absolute Gasteiger partial charge is 0.460 e. The molecule has 0 aliphatic carbocycles. The molecule has 3 aromatic rings. The lowest BCUT2D eigenvalue weighted by molar-refractivity contribution is 0.233. The van der Waals surface area contributed by atoms with E-state index in [4.69, 9.17) is 8.97 Å².